The van der Waals surface area contributed by atoms with Gasteiger partial charge >= 0.3 is 12.4 Å². The van der Waals surface area contributed by atoms with Crippen molar-refractivity contribution in [1.29, 1.82) is 0 Å². The van der Waals surface area contributed by atoms with E-state index >= 15 is 0 Å². The molecule has 1 saturated heterocycles. The molecule has 0 saturated carbocycles. The maximum absolute atomic E-state index is 13.6. The van der Waals surface area contributed by atoms with Gasteiger partial charge in [0.25, 0.3) is 17.8 Å². The van der Waals surface area contributed by atoms with Crippen molar-refractivity contribution >= 4 is 23.5 Å². The number of carbonyl (C=O) groups is 2. The fourth-order valence-electron chi connectivity index (χ4n) is 5.09. The predicted molar refractivity (Wildman–Crippen MR) is 148 cm³/mol. The van der Waals surface area contributed by atoms with Gasteiger partial charge < -0.3 is 30.2 Å². The number of amidine groups is 1. The number of halogens is 6. The maximum Gasteiger partial charge on any atom is 0.435 e. The van der Waals surface area contributed by atoms with Crippen molar-refractivity contribution in [2.24, 2.45) is 17.8 Å². The van der Waals surface area contributed by atoms with Crippen molar-refractivity contribution in [3.05, 3.63) is 53.2 Å². The van der Waals surface area contributed by atoms with Crippen LogP contribution in [0.15, 0.2) is 35.6 Å². The molecule has 1 atom stereocenters. The average molecular weight is 642 g/mol. The second-order valence-electron chi connectivity index (χ2n) is 10.6. The molecule has 1 aromatic carbocycles. The number of alkyl halides is 6. The molecule has 4 heterocycles. The zero-order chi connectivity index (χ0) is 32.7. The van der Waals surface area contributed by atoms with Gasteiger partial charge in [-0.05, 0) is 30.7 Å². The first-order chi connectivity index (χ1) is 21.1. The van der Waals surface area contributed by atoms with Gasteiger partial charge in [0.2, 0.25) is 0 Å². The van der Waals surface area contributed by atoms with Crippen molar-refractivity contribution < 1.29 is 40.7 Å². The van der Waals surface area contributed by atoms with Crippen molar-refractivity contribution in [2.45, 2.75) is 31.9 Å². The van der Waals surface area contributed by atoms with E-state index in [1.165, 1.54) is 13.1 Å². The van der Waals surface area contributed by atoms with Crippen LogP contribution in [0.3, 0.4) is 0 Å². The number of nitrogens with two attached hydrogens (primary N) is 1. The van der Waals surface area contributed by atoms with E-state index in [-0.39, 0.29) is 28.1 Å². The number of carbonyl (C=O) groups excluding carboxylic acids is 2. The van der Waals surface area contributed by atoms with E-state index in [2.05, 4.69) is 20.4 Å². The number of aryl methyl sites for hydroxylation is 1. The highest BCUT2D eigenvalue weighted by Crippen LogP contribution is 2.37. The molecule has 2 amide bonds. The number of nitrogens with zero attached hydrogens (tertiary/aromatic N) is 7. The Kier molecular flexibility index (Phi) is 8.52. The van der Waals surface area contributed by atoms with Gasteiger partial charge in [-0.1, -0.05) is 0 Å². The highest BCUT2D eigenvalue weighted by molar-refractivity contribution is 6.03. The third-order valence-electron chi connectivity index (χ3n) is 7.36. The second-order valence-corrected chi connectivity index (χ2v) is 10.6. The van der Waals surface area contributed by atoms with Crippen LogP contribution in [0.25, 0.3) is 11.3 Å². The van der Waals surface area contributed by atoms with E-state index in [1.807, 2.05) is 4.90 Å². The van der Waals surface area contributed by atoms with Gasteiger partial charge in [-0.25, -0.2) is 9.98 Å². The summed E-state index contributed by atoms with van der Waals surface area (Å²) in [4.78, 5) is 38.3. The van der Waals surface area contributed by atoms with Crippen LogP contribution in [0.4, 0.5) is 32.0 Å². The number of hydrogen-bond acceptors (Lipinski definition) is 8. The van der Waals surface area contributed by atoms with Gasteiger partial charge in [-0.3, -0.25) is 14.3 Å². The summed E-state index contributed by atoms with van der Waals surface area (Å²) in [6.07, 6.45) is -8.29. The normalized spacial score (nSPS) is 17.4. The first-order valence-electron chi connectivity index (χ1n) is 13.7. The molecule has 18 heteroatoms. The van der Waals surface area contributed by atoms with Crippen LogP contribution >= 0.6 is 0 Å². The number of amides is 2. The summed E-state index contributed by atoms with van der Waals surface area (Å²) in [6, 6.07) is 5.10. The van der Waals surface area contributed by atoms with E-state index in [0.717, 1.165) is 10.8 Å². The van der Waals surface area contributed by atoms with E-state index in [4.69, 9.17) is 10.5 Å². The molecule has 0 radical (unpaired) electrons. The van der Waals surface area contributed by atoms with Crippen LogP contribution in [-0.2, 0) is 24.5 Å². The Morgan fingerprint density at radius 1 is 1.11 bits per heavy atom. The number of benzene rings is 1. The van der Waals surface area contributed by atoms with Crippen molar-refractivity contribution in [1.82, 2.24) is 29.1 Å². The predicted octanol–water partition coefficient (Wildman–Crippen LogP) is 2.90. The quantitative estimate of drug-likeness (QED) is 0.395. The molecule has 0 aliphatic carbocycles. The molecule has 1 unspecified atom stereocenters. The largest absolute Gasteiger partial charge is 0.463 e. The van der Waals surface area contributed by atoms with Crippen LogP contribution in [0, 0.1) is 6.92 Å². The molecule has 1 fully saturated rings. The molecule has 242 valence electrons. The third-order valence-corrected chi connectivity index (χ3v) is 7.36. The van der Waals surface area contributed by atoms with E-state index in [9.17, 15) is 35.9 Å². The summed E-state index contributed by atoms with van der Waals surface area (Å²) in [5.74, 6) is -1.28. The molecule has 2 aliphatic rings. The lowest BCUT2D eigenvalue weighted by Gasteiger charge is -2.35. The monoisotopic (exact) mass is 641 g/mol. The lowest BCUT2D eigenvalue weighted by molar-refractivity contribution is -0.148. The van der Waals surface area contributed by atoms with Gasteiger partial charge in [0, 0.05) is 57.2 Å². The molecule has 12 nitrogen and oxygen atoms in total. The second kappa shape index (κ2) is 12.1. The summed E-state index contributed by atoms with van der Waals surface area (Å²) >= 11 is 0. The highest BCUT2D eigenvalue weighted by Gasteiger charge is 2.40. The number of aromatic nitrogens is 4. The number of imidazole rings is 1. The van der Waals surface area contributed by atoms with Crippen LogP contribution < -0.4 is 11.1 Å². The van der Waals surface area contributed by atoms with Crippen LogP contribution in [0.1, 0.15) is 32.2 Å². The van der Waals surface area contributed by atoms with E-state index in [0.29, 0.717) is 68.4 Å². The molecule has 45 heavy (non-hydrogen) atoms. The number of piperazine rings is 1. The Morgan fingerprint density at radius 2 is 1.82 bits per heavy atom. The smallest absolute Gasteiger partial charge is 0.435 e. The number of hydrogen-bond donors (Lipinski definition) is 2. The summed E-state index contributed by atoms with van der Waals surface area (Å²) in [5.41, 5.74) is 4.47. The van der Waals surface area contributed by atoms with Gasteiger partial charge in [-0.15, -0.1) is 0 Å². The number of aliphatic imine (C=N–C) groups is 1. The minimum absolute atomic E-state index is 0.0697. The Hall–Kier alpha value is -4.61. The standard InChI is InChI=1S/C27H29F6N9O3/c1-15-9-16(3-4-18(15)24(44)40-5-7-41(8-6-40)25-37-17(10-34)13-45-25)36-23(43)22-35-11-20(39(22)2)19-12-42(14-26(28,29)30)38-21(19)27(31,32)33/h3-4,9,11-12,17H,5-8,10,13-14,34H2,1-2H3,(H,36,43). The van der Waals surface area contributed by atoms with Gasteiger partial charge in [-0.2, -0.15) is 31.4 Å². The van der Waals surface area contributed by atoms with Crippen LogP contribution in [0.2, 0.25) is 0 Å². The molecule has 2 aliphatic heterocycles. The van der Waals surface area contributed by atoms with Crippen LogP contribution in [0.5, 0.6) is 0 Å². The fourth-order valence-corrected chi connectivity index (χ4v) is 5.09. The van der Waals surface area contributed by atoms with E-state index in [1.54, 1.807) is 24.0 Å². The average Bonchev–Trinajstić information content (AvgIpc) is 3.70. The molecular formula is C27H29F6N9O3. The third kappa shape index (κ3) is 6.89. The topological polar surface area (TPSA) is 136 Å². The number of nitrogens with one attached hydrogen (secondary N) is 1. The summed E-state index contributed by atoms with van der Waals surface area (Å²) < 4.78 is 86.0. The summed E-state index contributed by atoms with van der Waals surface area (Å²) in [5, 5.41) is 5.68. The Morgan fingerprint density at radius 3 is 2.42 bits per heavy atom. The van der Waals surface area contributed by atoms with Crippen molar-refractivity contribution in [2.75, 3.05) is 44.6 Å². The lowest BCUT2D eigenvalue weighted by atomic mass is 10.1. The molecule has 3 N–H and O–H groups in total. The minimum Gasteiger partial charge on any atom is -0.463 e. The van der Waals surface area contributed by atoms with E-state index < -0.39 is 36.1 Å². The Bertz CT molecular complexity index is 1620. The van der Waals surface area contributed by atoms with Gasteiger partial charge in [0.1, 0.15) is 19.2 Å². The SMILES string of the molecule is Cc1cc(NC(=O)c2ncc(-c3cn(CC(F)(F)F)nc3C(F)(F)F)n2C)ccc1C(=O)N1CCN(C2=NC(CN)CO2)CC1. The van der Waals surface area contributed by atoms with Crippen molar-refractivity contribution in [3.8, 4) is 11.3 Å². The zero-order valence-electron chi connectivity index (χ0n) is 24.1. The van der Waals surface area contributed by atoms with Gasteiger partial charge in [0.15, 0.2) is 11.5 Å². The molecule has 2 aromatic heterocycles. The molecule has 0 spiro atoms. The fraction of sp³-hybridized carbons (Fsp3) is 0.444. The zero-order valence-corrected chi connectivity index (χ0v) is 24.1. The highest BCUT2D eigenvalue weighted by atomic mass is 19.4. The van der Waals surface area contributed by atoms with Gasteiger partial charge in [0.05, 0.1) is 17.5 Å². The Labute approximate surface area is 252 Å². The first kappa shape index (κ1) is 31.8. The van der Waals surface area contributed by atoms with Crippen molar-refractivity contribution in [3.63, 3.8) is 0 Å². The number of ether oxygens (including phenoxy) is 1. The van der Waals surface area contributed by atoms with Crippen LogP contribution in [-0.4, -0.2) is 98.5 Å². The minimum atomic E-state index is -5.06. The number of rotatable bonds is 6. The molecular weight excluding hydrogens is 612 g/mol. The Balaban J connectivity index is 1.26. The summed E-state index contributed by atoms with van der Waals surface area (Å²) in [6.45, 7) is 2.76. The molecule has 3 aromatic rings. The lowest BCUT2D eigenvalue weighted by Crippen LogP contribution is -2.50. The molecule has 5 rings (SSSR count). The number of anilines is 1. The summed E-state index contributed by atoms with van der Waals surface area (Å²) in [7, 11) is 1.26. The first-order valence-corrected chi connectivity index (χ1v) is 13.7. The maximum atomic E-state index is 13.6. The molecule has 0 bridgehead atoms.